The lowest BCUT2D eigenvalue weighted by molar-refractivity contribution is -0.146. The molecule has 0 spiro atoms. The van der Waals surface area contributed by atoms with E-state index in [0.717, 1.165) is 12.8 Å². The largest absolute Gasteiger partial charge is 0.468 e. The highest BCUT2D eigenvalue weighted by Gasteiger charge is 2.14. The van der Waals surface area contributed by atoms with Crippen molar-refractivity contribution in [1.29, 1.82) is 0 Å². The molecule has 0 aliphatic heterocycles. The molecular weight excluding hydrogens is 218 g/mol. The van der Waals surface area contributed by atoms with E-state index in [9.17, 15) is 9.59 Å². The van der Waals surface area contributed by atoms with Crippen LogP contribution in [0, 0.1) is 0 Å². The number of unbranched alkanes of at least 4 members (excludes halogenated alkanes) is 4. The molecule has 0 aromatic carbocycles. The molecule has 0 bridgehead atoms. The summed E-state index contributed by atoms with van der Waals surface area (Å²) < 4.78 is 4.56. The van der Waals surface area contributed by atoms with Crippen LogP contribution in [0.3, 0.4) is 0 Å². The topological polar surface area (TPSA) is 46.6 Å². The highest BCUT2D eigenvalue weighted by atomic mass is 16.5. The lowest BCUT2D eigenvalue weighted by atomic mass is 10.1. The molecule has 0 rings (SSSR count). The number of hydrogen-bond acceptors (Lipinski definition) is 3. The molecule has 1 amide bonds. The van der Waals surface area contributed by atoms with Crippen molar-refractivity contribution in [2.24, 2.45) is 0 Å². The third-order valence-corrected chi connectivity index (χ3v) is 2.78. The molecule has 0 aromatic heterocycles. The molecule has 17 heavy (non-hydrogen) atoms. The molecule has 4 nitrogen and oxygen atoms in total. The summed E-state index contributed by atoms with van der Waals surface area (Å²) in [6.07, 6.45) is 6.17. The zero-order valence-electron chi connectivity index (χ0n) is 11.3. The molecule has 0 N–H and O–H groups in total. The van der Waals surface area contributed by atoms with E-state index in [4.69, 9.17) is 0 Å². The van der Waals surface area contributed by atoms with Crippen LogP contribution in [0.25, 0.3) is 0 Å². The number of nitrogens with zero attached hydrogens (tertiary/aromatic N) is 1. The van der Waals surface area contributed by atoms with Crippen molar-refractivity contribution >= 4 is 11.9 Å². The fraction of sp³-hybridized carbons (Fsp3) is 0.846. The van der Waals surface area contributed by atoms with Crippen molar-refractivity contribution in [3.8, 4) is 0 Å². The van der Waals surface area contributed by atoms with Gasteiger partial charge in [0.05, 0.1) is 7.11 Å². The van der Waals surface area contributed by atoms with Gasteiger partial charge in [0.15, 0.2) is 0 Å². The van der Waals surface area contributed by atoms with Gasteiger partial charge in [0, 0.05) is 13.0 Å². The quantitative estimate of drug-likeness (QED) is 0.461. The highest BCUT2D eigenvalue weighted by Crippen LogP contribution is 2.07. The van der Waals surface area contributed by atoms with Gasteiger partial charge in [-0.2, -0.15) is 0 Å². The molecule has 0 aromatic rings. The van der Waals surface area contributed by atoms with Gasteiger partial charge in [0.1, 0.15) is 6.54 Å². The molecule has 0 aliphatic rings. The van der Waals surface area contributed by atoms with Crippen molar-refractivity contribution < 1.29 is 14.3 Å². The molecule has 100 valence electrons. The van der Waals surface area contributed by atoms with E-state index in [2.05, 4.69) is 11.7 Å². The maximum atomic E-state index is 11.8. The fourth-order valence-electron chi connectivity index (χ4n) is 1.63. The maximum absolute atomic E-state index is 11.8. The van der Waals surface area contributed by atoms with Gasteiger partial charge in [-0.3, -0.25) is 9.59 Å². The smallest absolute Gasteiger partial charge is 0.325 e. The Bertz CT molecular complexity index is 229. The van der Waals surface area contributed by atoms with Crippen molar-refractivity contribution in [3.05, 3.63) is 0 Å². The second-order valence-electron chi connectivity index (χ2n) is 4.15. The van der Waals surface area contributed by atoms with Gasteiger partial charge in [-0.15, -0.1) is 0 Å². The number of rotatable bonds is 9. The van der Waals surface area contributed by atoms with E-state index in [0.29, 0.717) is 13.0 Å². The molecule has 0 atom stereocenters. The van der Waals surface area contributed by atoms with Gasteiger partial charge in [-0.25, -0.2) is 0 Å². The minimum absolute atomic E-state index is 0.0504. The summed E-state index contributed by atoms with van der Waals surface area (Å²) in [6.45, 7) is 4.67. The number of amides is 1. The van der Waals surface area contributed by atoms with Gasteiger partial charge < -0.3 is 9.64 Å². The summed E-state index contributed by atoms with van der Waals surface area (Å²) in [5, 5.41) is 0. The summed E-state index contributed by atoms with van der Waals surface area (Å²) >= 11 is 0. The first kappa shape index (κ1) is 15.9. The molecule has 0 heterocycles. The van der Waals surface area contributed by atoms with E-state index in [1.54, 1.807) is 4.90 Å². The van der Waals surface area contributed by atoms with Crippen LogP contribution in [0.1, 0.15) is 52.4 Å². The van der Waals surface area contributed by atoms with Crippen LogP contribution >= 0.6 is 0 Å². The molecule has 0 unspecified atom stereocenters. The standard InChI is InChI=1S/C13H25NO3/c1-4-6-7-8-9-10-12(15)14(5-2)11-13(16)17-3/h4-11H2,1-3H3. The predicted molar refractivity (Wildman–Crippen MR) is 67.6 cm³/mol. The van der Waals surface area contributed by atoms with Gasteiger partial charge in [-0.05, 0) is 13.3 Å². The first-order valence-corrected chi connectivity index (χ1v) is 6.50. The van der Waals surface area contributed by atoms with Gasteiger partial charge >= 0.3 is 5.97 Å². The first-order chi connectivity index (χ1) is 8.15. The lowest BCUT2D eigenvalue weighted by Gasteiger charge is -2.19. The Balaban J connectivity index is 3.80. The Hall–Kier alpha value is -1.06. The second-order valence-corrected chi connectivity index (χ2v) is 4.15. The van der Waals surface area contributed by atoms with Crippen molar-refractivity contribution in [2.45, 2.75) is 52.4 Å². The van der Waals surface area contributed by atoms with Crippen LogP contribution in [-0.2, 0) is 14.3 Å². The average molecular weight is 243 g/mol. The third-order valence-electron chi connectivity index (χ3n) is 2.78. The number of esters is 1. The second kappa shape index (κ2) is 10.1. The Labute approximate surface area is 104 Å². The molecule has 0 aliphatic carbocycles. The normalized spacial score (nSPS) is 10.1. The monoisotopic (exact) mass is 243 g/mol. The van der Waals surface area contributed by atoms with Crippen LogP contribution in [0.15, 0.2) is 0 Å². The van der Waals surface area contributed by atoms with E-state index in [1.807, 2.05) is 6.92 Å². The highest BCUT2D eigenvalue weighted by molar-refractivity contribution is 5.81. The third kappa shape index (κ3) is 7.77. The molecular formula is C13H25NO3. The number of likely N-dealkylation sites (N-methyl/N-ethyl adjacent to an activating group) is 1. The first-order valence-electron chi connectivity index (χ1n) is 6.50. The summed E-state index contributed by atoms with van der Waals surface area (Å²) in [7, 11) is 1.34. The van der Waals surface area contributed by atoms with Gasteiger partial charge in [0.25, 0.3) is 0 Å². The van der Waals surface area contributed by atoms with E-state index in [1.165, 1.54) is 26.4 Å². The van der Waals surface area contributed by atoms with Crippen molar-refractivity contribution in [1.82, 2.24) is 4.90 Å². The average Bonchev–Trinajstić information content (AvgIpc) is 2.34. The zero-order chi connectivity index (χ0) is 13.1. The predicted octanol–water partition coefficient (Wildman–Crippen LogP) is 2.37. The maximum Gasteiger partial charge on any atom is 0.325 e. The SMILES string of the molecule is CCCCCCCC(=O)N(CC)CC(=O)OC. The zero-order valence-corrected chi connectivity index (χ0v) is 11.3. The molecule has 4 heteroatoms. The Morgan fingerprint density at radius 1 is 1.06 bits per heavy atom. The number of hydrogen-bond donors (Lipinski definition) is 0. The molecule has 0 saturated heterocycles. The van der Waals surface area contributed by atoms with Crippen LogP contribution in [0.4, 0.5) is 0 Å². The summed E-state index contributed by atoms with van der Waals surface area (Å²) in [5.41, 5.74) is 0. The van der Waals surface area contributed by atoms with E-state index < -0.39 is 0 Å². The van der Waals surface area contributed by atoms with Crippen molar-refractivity contribution in [2.75, 3.05) is 20.2 Å². The number of methoxy groups -OCH3 is 1. The number of carbonyl (C=O) groups is 2. The Morgan fingerprint density at radius 2 is 1.71 bits per heavy atom. The minimum atomic E-state index is -0.355. The fourth-order valence-corrected chi connectivity index (χ4v) is 1.63. The van der Waals surface area contributed by atoms with E-state index in [-0.39, 0.29) is 18.4 Å². The summed E-state index contributed by atoms with van der Waals surface area (Å²) in [6, 6.07) is 0. The van der Waals surface area contributed by atoms with Crippen LogP contribution in [-0.4, -0.2) is 37.0 Å². The van der Waals surface area contributed by atoms with Crippen LogP contribution < -0.4 is 0 Å². The Kier molecular flexibility index (Phi) is 9.49. The van der Waals surface area contributed by atoms with Gasteiger partial charge in [-0.1, -0.05) is 32.6 Å². The molecule has 0 fully saturated rings. The number of ether oxygens (including phenoxy) is 1. The number of carbonyl (C=O) groups excluding carboxylic acids is 2. The van der Waals surface area contributed by atoms with E-state index >= 15 is 0 Å². The minimum Gasteiger partial charge on any atom is -0.468 e. The van der Waals surface area contributed by atoms with Crippen LogP contribution in [0.5, 0.6) is 0 Å². The lowest BCUT2D eigenvalue weighted by Crippen LogP contribution is -2.35. The molecule has 0 radical (unpaired) electrons. The molecule has 0 saturated carbocycles. The summed E-state index contributed by atoms with van der Waals surface area (Å²) in [5.74, 6) is -0.305. The van der Waals surface area contributed by atoms with Gasteiger partial charge in [0.2, 0.25) is 5.91 Å². The Morgan fingerprint density at radius 3 is 2.24 bits per heavy atom. The van der Waals surface area contributed by atoms with Crippen molar-refractivity contribution in [3.63, 3.8) is 0 Å². The van der Waals surface area contributed by atoms with Crippen LogP contribution in [0.2, 0.25) is 0 Å². The summed E-state index contributed by atoms with van der Waals surface area (Å²) in [4.78, 5) is 24.4.